The van der Waals surface area contributed by atoms with Crippen molar-refractivity contribution in [2.75, 3.05) is 5.32 Å². The van der Waals surface area contributed by atoms with Gasteiger partial charge in [-0.25, -0.2) is 18.4 Å². The smallest absolute Gasteiger partial charge is 0.233 e. The Labute approximate surface area is 201 Å². The number of aromatic nitrogens is 2. The zero-order valence-electron chi connectivity index (χ0n) is 18.2. The molecule has 2 aromatic rings. The molecule has 3 aliphatic rings. The predicted octanol–water partition coefficient (Wildman–Crippen LogP) is 4.53. The van der Waals surface area contributed by atoms with Crippen molar-refractivity contribution < 1.29 is 18.0 Å². The highest BCUT2D eigenvalue weighted by molar-refractivity contribution is 9.10. The van der Waals surface area contributed by atoms with Crippen molar-refractivity contribution in [2.24, 2.45) is 5.92 Å². The van der Waals surface area contributed by atoms with E-state index in [9.17, 15) is 18.0 Å². The van der Waals surface area contributed by atoms with E-state index in [0.717, 1.165) is 43.2 Å². The predicted molar refractivity (Wildman–Crippen MR) is 127 cm³/mol. The maximum atomic E-state index is 13.4. The van der Waals surface area contributed by atoms with Crippen molar-refractivity contribution in [3.63, 3.8) is 0 Å². The summed E-state index contributed by atoms with van der Waals surface area (Å²) in [6, 6.07) is 5.42. The van der Waals surface area contributed by atoms with E-state index in [1.165, 1.54) is 12.4 Å². The molecule has 0 spiro atoms. The van der Waals surface area contributed by atoms with Crippen molar-refractivity contribution in [1.29, 1.82) is 0 Å². The van der Waals surface area contributed by atoms with Crippen LogP contribution in [0, 0.1) is 5.92 Å². The number of carbonyl (C=O) groups is 2. The van der Waals surface area contributed by atoms with Crippen LogP contribution in [0.5, 0.6) is 0 Å². The number of anilines is 1. The molecule has 0 bridgehead atoms. The zero-order chi connectivity index (χ0) is 23.2. The van der Waals surface area contributed by atoms with Crippen molar-refractivity contribution in [2.45, 2.75) is 73.3 Å². The average Bonchev–Trinajstić information content (AvgIpc) is 3.70. The van der Waals surface area contributed by atoms with Gasteiger partial charge in [-0.1, -0.05) is 12.1 Å². The summed E-state index contributed by atoms with van der Waals surface area (Å²) in [5.74, 6) is 0.256. The molecular formula is C24H26BrN3O4S. The number of nitrogens with zero attached hydrogens (tertiary/aromatic N) is 2. The van der Waals surface area contributed by atoms with Gasteiger partial charge >= 0.3 is 0 Å². The van der Waals surface area contributed by atoms with Crippen LogP contribution in [0.4, 0.5) is 5.82 Å². The van der Waals surface area contributed by atoms with E-state index in [1.807, 2.05) is 6.07 Å². The summed E-state index contributed by atoms with van der Waals surface area (Å²) >= 11 is 3.24. The number of rotatable bonds is 8. The minimum absolute atomic E-state index is 0.142. The quantitative estimate of drug-likeness (QED) is 0.536. The van der Waals surface area contributed by atoms with Gasteiger partial charge in [0, 0.05) is 12.8 Å². The van der Waals surface area contributed by atoms with Crippen LogP contribution in [-0.2, 0) is 19.4 Å². The highest BCUT2D eigenvalue weighted by atomic mass is 79.9. The molecule has 1 heterocycles. The molecule has 1 amide bonds. The fourth-order valence-electron chi connectivity index (χ4n) is 4.72. The van der Waals surface area contributed by atoms with Crippen LogP contribution in [0.3, 0.4) is 0 Å². The maximum Gasteiger partial charge on any atom is 0.233 e. The van der Waals surface area contributed by atoms with Crippen LogP contribution < -0.4 is 5.32 Å². The molecule has 33 heavy (non-hydrogen) atoms. The van der Waals surface area contributed by atoms with Crippen molar-refractivity contribution in [3.8, 4) is 0 Å². The molecule has 7 nitrogen and oxygen atoms in total. The number of sulfone groups is 1. The molecule has 2 atom stereocenters. The standard InChI is InChI=1S/C24H26BrN3O4S/c25-22-12-27-23(13-26-22)28-24(30)20(10-14-1-5-17(29)9-14)16-4-8-21(19(11-16)15-2-3-15)33(31,32)18-6-7-18/h4,8,11-15,18,20H,1-3,5-7,9-10H2,(H,27,28,30)/t14-,20+/m0/s1. The highest BCUT2D eigenvalue weighted by Crippen LogP contribution is 2.47. The van der Waals surface area contributed by atoms with Crippen LogP contribution in [0.1, 0.15) is 74.3 Å². The first kappa shape index (κ1) is 22.7. The summed E-state index contributed by atoms with van der Waals surface area (Å²) in [4.78, 5) is 34.0. The van der Waals surface area contributed by atoms with Gasteiger partial charge in [0.15, 0.2) is 15.7 Å². The average molecular weight is 532 g/mol. The third-order valence-electron chi connectivity index (χ3n) is 6.83. The SMILES string of the molecule is O=C1CC[C@H](C[C@@H](C(=O)Nc2cnc(Br)cn2)c2ccc(S(=O)(=O)C3CC3)c(C3CC3)c2)C1. The first-order chi connectivity index (χ1) is 15.8. The van der Waals surface area contributed by atoms with E-state index in [1.54, 1.807) is 12.1 Å². The Morgan fingerprint density at radius 1 is 1.12 bits per heavy atom. The molecule has 5 rings (SSSR count). The second-order valence-electron chi connectivity index (χ2n) is 9.47. The Balaban J connectivity index is 1.47. The molecule has 0 aliphatic heterocycles. The normalized spacial score (nSPS) is 21.7. The first-order valence-corrected chi connectivity index (χ1v) is 13.8. The molecule has 3 saturated carbocycles. The number of nitrogens with one attached hydrogen (secondary N) is 1. The molecule has 0 radical (unpaired) electrons. The van der Waals surface area contributed by atoms with Crippen molar-refractivity contribution in [3.05, 3.63) is 46.3 Å². The Hall–Kier alpha value is -2.13. The second kappa shape index (κ2) is 8.91. The molecule has 1 aromatic carbocycles. The molecule has 1 N–H and O–H groups in total. The summed E-state index contributed by atoms with van der Waals surface area (Å²) in [7, 11) is -3.31. The van der Waals surface area contributed by atoms with E-state index in [4.69, 9.17) is 0 Å². The van der Waals surface area contributed by atoms with Crippen LogP contribution in [0.2, 0.25) is 0 Å². The minimum atomic E-state index is -3.31. The number of halogens is 1. The molecule has 9 heteroatoms. The summed E-state index contributed by atoms with van der Waals surface area (Å²) < 4.78 is 26.6. The van der Waals surface area contributed by atoms with E-state index in [0.29, 0.717) is 34.6 Å². The highest BCUT2D eigenvalue weighted by Gasteiger charge is 2.41. The lowest BCUT2D eigenvalue weighted by molar-refractivity contribution is -0.119. The number of carbonyl (C=O) groups excluding carboxylic acids is 2. The lowest BCUT2D eigenvalue weighted by atomic mass is 9.86. The fourth-order valence-corrected chi connectivity index (χ4v) is 6.86. The van der Waals surface area contributed by atoms with Gasteiger partial charge in [-0.3, -0.25) is 9.59 Å². The van der Waals surface area contributed by atoms with Gasteiger partial charge in [-0.15, -0.1) is 0 Å². The fraction of sp³-hybridized carbons (Fsp3) is 0.500. The molecule has 0 saturated heterocycles. The Bertz CT molecular complexity index is 1190. The Kier molecular flexibility index (Phi) is 6.11. The summed E-state index contributed by atoms with van der Waals surface area (Å²) in [6.07, 6.45) is 8.77. The molecule has 3 aliphatic carbocycles. The monoisotopic (exact) mass is 531 g/mol. The van der Waals surface area contributed by atoms with E-state index >= 15 is 0 Å². The molecule has 3 fully saturated rings. The van der Waals surface area contributed by atoms with Gasteiger partial charge in [0.05, 0.1) is 28.5 Å². The molecule has 1 aromatic heterocycles. The molecular weight excluding hydrogens is 506 g/mol. The van der Waals surface area contributed by atoms with Gasteiger partial charge in [0.25, 0.3) is 0 Å². The number of benzene rings is 1. The van der Waals surface area contributed by atoms with Crippen molar-refractivity contribution >= 4 is 43.3 Å². The third kappa shape index (κ3) is 5.04. The van der Waals surface area contributed by atoms with E-state index < -0.39 is 15.8 Å². The Morgan fingerprint density at radius 2 is 1.91 bits per heavy atom. The first-order valence-electron chi connectivity index (χ1n) is 11.5. The lowest BCUT2D eigenvalue weighted by Crippen LogP contribution is -2.24. The van der Waals surface area contributed by atoms with Crippen LogP contribution in [0.25, 0.3) is 0 Å². The number of hydrogen-bond acceptors (Lipinski definition) is 6. The largest absolute Gasteiger partial charge is 0.309 e. The number of hydrogen-bond donors (Lipinski definition) is 1. The van der Waals surface area contributed by atoms with Crippen LogP contribution in [-0.4, -0.2) is 35.3 Å². The van der Waals surface area contributed by atoms with Crippen LogP contribution >= 0.6 is 15.9 Å². The topological polar surface area (TPSA) is 106 Å². The number of ketones is 1. The lowest BCUT2D eigenvalue weighted by Gasteiger charge is -2.22. The maximum absolute atomic E-state index is 13.4. The van der Waals surface area contributed by atoms with Gasteiger partial charge in [0.2, 0.25) is 5.91 Å². The van der Waals surface area contributed by atoms with Crippen LogP contribution in [0.15, 0.2) is 40.1 Å². The summed E-state index contributed by atoms with van der Waals surface area (Å²) in [6.45, 7) is 0. The third-order valence-corrected chi connectivity index (χ3v) is 9.57. The van der Waals surface area contributed by atoms with Gasteiger partial charge in [0.1, 0.15) is 10.4 Å². The van der Waals surface area contributed by atoms with E-state index in [2.05, 4.69) is 31.2 Å². The molecule has 174 valence electrons. The summed E-state index contributed by atoms with van der Waals surface area (Å²) in [5, 5.41) is 2.59. The number of amides is 1. The second-order valence-corrected chi connectivity index (χ2v) is 12.5. The Morgan fingerprint density at radius 3 is 2.52 bits per heavy atom. The van der Waals surface area contributed by atoms with Gasteiger partial charge in [-0.2, -0.15) is 0 Å². The zero-order valence-corrected chi connectivity index (χ0v) is 20.6. The van der Waals surface area contributed by atoms with Gasteiger partial charge in [-0.05, 0) is 83.5 Å². The van der Waals surface area contributed by atoms with Gasteiger partial charge < -0.3 is 5.32 Å². The van der Waals surface area contributed by atoms with E-state index in [-0.39, 0.29) is 28.8 Å². The minimum Gasteiger partial charge on any atom is -0.309 e. The van der Waals surface area contributed by atoms with Crippen molar-refractivity contribution in [1.82, 2.24) is 9.97 Å². The summed E-state index contributed by atoms with van der Waals surface area (Å²) in [5.41, 5.74) is 1.65. The number of Topliss-reactive ketones (excluding diaryl/α,β-unsaturated/α-hetero) is 1. The molecule has 0 unspecified atom stereocenters.